The number of nitrogen functional groups attached to an aromatic ring is 3. The van der Waals surface area contributed by atoms with E-state index in [2.05, 4.69) is 68.7 Å². The first kappa shape index (κ1) is 97.4. The number of H-pyrrole nitrogens is 2. The van der Waals surface area contributed by atoms with E-state index in [0.717, 1.165) is 9.13 Å². The molecule has 0 bridgehead atoms. The second kappa shape index (κ2) is 41.9. The molecule has 0 saturated carbocycles. The SMILES string of the molecule is CC1=CN([C@H]2CC(OP(=S)(OCCOCCOCCNC(=O)CC(C)(C)COCC(C)(C)CN)OC[C@H]3O[C@@H](n4ccc(N)nc4=O)CC3C(C)C)[C@@H](COP(O)(=S)OC3C[C@H](n4cnc5c(=O)[nH]c(N)nc54)O[C@@H]3COP(=O)(S)OC3C[C@H](n4ccc(N)nc4=O)O[C@@H]3COP(O)(=S)OC3C[C@H](n4cc(Br)c(=O)[nH]c4=O)O[C@@H]3CO)O2)C(O)NC1=O. The summed E-state index contributed by atoms with van der Waals surface area (Å²) in [5.41, 5.74) is 19.0. The third-order valence-corrected chi connectivity index (χ3v) is 28.0. The van der Waals surface area contributed by atoms with Crippen LogP contribution < -0.4 is 61.8 Å². The van der Waals surface area contributed by atoms with Gasteiger partial charge in [0.05, 0.1) is 114 Å². The molecule has 16 N–H and O–H groups in total. The molecule has 5 saturated heterocycles. The Labute approximate surface area is 726 Å². The molecule has 5 fully saturated rings. The summed E-state index contributed by atoms with van der Waals surface area (Å²) in [7, 11) is 0. The maximum atomic E-state index is 14.8. The number of imidazole rings is 1. The first-order valence-corrected chi connectivity index (χ1v) is 49.7. The van der Waals surface area contributed by atoms with Gasteiger partial charge in [-0.1, -0.05) is 53.8 Å². The number of halogens is 1. The lowest BCUT2D eigenvalue weighted by Crippen LogP contribution is -2.53. The number of fused-ring (bicyclic) bond motifs is 1. The van der Waals surface area contributed by atoms with Crippen molar-refractivity contribution < 1.29 is 113 Å². The van der Waals surface area contributed by atoms with Crippen molar-refractivity contribution in [3.05, 3.63) is 105 Å². The Balaban J connectivity index is 0.786. The zero-order valence-corrected chi connectivity index (χ0v) is 75.7. The first-order chi connectivity index (χ1) is 57.5. The Kier molecular flexibility index (Phi) is 33.5. The van der Waals surface area contributed by atoms with Gasteiger partial charge in [-0.15, -0.1) is 0 Å². The summed E-state index contributed by atoms with van der Waals surface area (Å²) in [6, 6.07) is 2.78. The van der Waals surface area contributed by atoms with E-state index in [1.807, 2.05) is 41.5 Å². The van der Waals surface area contributed by atoms with Crippen LogP contribution in [0.4, 0.5) is 17.6 Å². The molecule has 11 heterocycles. The van der Waals surface area contributed by atoms with E-state index in [-0.39, 0.29) is 140 Å². The fourth-order valence-corrected chi connectivity index (χ4v) is 20.8. The maximum Gasteiger partial charge on any atom is 0.386 e. The second-order valence-electron chi connectivity index (χ2n) is 31.2. The third-order valence-electron chi connectivity index (χ3n) is 20.2. The number of thiol groups is 1. The number of hydrogen-bond donors (Lipinski definition) is 13. The number of aromatic amines is 2. The standard InChI is InChI=1S/C67H102BrN17O29P4S4/c1-35(2)37-18-51(81-11-8-48(70)75-62(81)91)107-44(37)27-105-118(122,101-17-16-99-15-14-98-13-10-73-50(87)23-66(4,5)32-100-33-67(6,7)31-69)114-42-22-53(83-24-36(3)58(88)79-64(83)93)109-47(42)30-104-117(97,121)113-41-21-55(85-34-74-56-57(85)77-61(72)78-60(56)90)110-46(41)29-103-116(96,120)112-40-20-52(82-12-9-49(71)76-63(82)92)108-45(40)28-102-115(95,119)111-39-19-54(106-43(39)26-86)84-25-38(68)59(89)80-65(84)94/h8-9,11-12,24-25,34-35,37,39-47,51-55,64,86,93H,10,13-23,26-33,69H2,1-7H3,(H,73,87)(H,79,88)(H,95,119)(H,96,120)(H,97,121)(H2,70,75,91)(H2,71,76,92)(H,80,89,94)(H3,72,77,78,90)/t37?,39?,40?,41?,42?,43-,44-,45-,46-,47-,51-,52-,53-,54-,55-,64?,115?,116?,117?,118?/m1/s1. The number of carbonyl (C=O) groups is 2. The zero-order valence-electron chi connectivity index (χ0n) is 67.2. The van der Waals surface area contributed by atoms with Crippen molar-refractivity contribution in [1.29, 1.82) is 0 Å². The van der Waals surface area contributed by atoms with Crippen LogP contribution in [0.15, 0.2) is 77.3 Å². The van der Waals surface area contributed by atoms with Gasteiger partial charge in [0.2, 0.25) is 18.2 Å². The largest absolute Gasteiger partial charge is 0.394 e. The molecule has 0 aromatic carbocycles. The Morgan fingerprint density at radius 2 is 1.18 bits per heavy atom. The van der Waals surface area contributed by atoms with Crippen molar-refractivity contribution in [1.82, 2.24) is 63.7 Å². The van der Waals surface area contributed by atoms with Crippen molar-refractivity contribution in [2.75, 3.05) is 110 Å². The minimum absolute atomic E-state index is 0.0123. The van der Waals surface area contributed by atoms with Crippen LogP contribution in [0.2, 0.25) is 0 Å². The first-order valence-electron chi connectivity index (χ1n) is 38.5. The molecule has 0 spiro atoms. The van der Waals surface area contributed by atoms with Crippen LogP contribution in [-0.4, -0.2) is 245 Å². The number of rotatable bonds is 44. The van der Waals surface area contributed by atoms with Gasteiger partial charge in [0, 0.05) is 74.4 Å². The molecule has 0 aliphatic carbocycles. The highest BCUT2D eigenvalue weighted by Crippen LogP contribution is 2.59. The van der Waals surface area contributed by atoms with Gasteiger partial charge in [-0.2, -0.15) is 15.0 Å². The number of nitrogens with zero attached hydrogens (tertiary/aromatic N) is 9. The third kappa shape index (κ3) is 26.3. The van der Waals surface area contributed by atoms with E-state index < -0.39 is 185 Å². The summed E-state index contributed by atoms with van der Waals surface area (Å²) in [6.07, 6.45) is -12.2. The smallest absolute Gasteiger partial charge is 0.386 e. The fraction of sp³-hybridized carbons (Fsp3) is 0.687. The Bertz CT molecular complexity index is 5060. The average Bonchev–Trinajstić information content (AvgIpc) is 1.61. The van der Waals surface area contributed by atoms with E-state index >= 15 is 0 Å². The summed E-state index contributed by atoms with van der Waals surface area (Å²) >= 11 is 24.8. The number of anilines is 3. The van der Waals surface area contributed by atoms with Gasteiger partial charge in [0.15, 0.2) is 11.2 Å². The van der Waals surface area contributed by atoms with Crippen LogP contribution in [0.5, 0.6) is 0 Å². The maximum absolute atomic E-state index is 14.8. The molecule has 20 atom stereocenters. The van der Waals surface area contributed by atoms with Crippen LogP contribution >= 0.6 is 55.1 Å². The van der Waals surface area contributed by atoms with Gasteiger partial charge in [0.1, 0.15) is 73.3 Å². The molecular formula is C67H102BrN17O29P4S4. The highest BCUT2D eigenvalue weighted by Gasteiger charge is 2.50. The van der Waals surface area contributed by atoms with Crippen molar-refractivity contribution in [2.24, 2.45) is 28.4 Å². The Hall–Kier alpha value is -5.20. The van der Waals surface area contributed by atoms with Crippen molar-refractivity contribution >= 4 is 131 Å². The van der Waals surface area contributed by atoms with Crippen LogP contribution in [0.1, 0.15) is 112 Å². The molecule has 2 amide bonds. The number of aromatic nitrogens is 10. The molecule has 122 heavy (non-hydrogen) atoms. The van der Waals surface area contributed by atoms with Gasteiger partial charge in [-0.25, -0.2) is 23.9 Å². The van der Waals surface area contributed by atoms with Gasteiger partial charge in [-0.05, 0) is 101 Å². The molecule has 55 heteroatoms. The normalized spacial score (nSPS) is 27.9. The molecule has 11 rings (SSSR count). The number of amides is 2. The monoisotopic (exact) mass is 1940 g/mol. The molecule has 6 aliphatic heterocycles. The average molecular weight is 1940 g/mol. The highest BCUT2D eigenvalue weighted by atomic mass is 79.9. The predicted molar refractivity (Wildman–Crippen MR) is 450 cm³/mol. The lowest BCUT2D eigenvalue weighted by Gasteiger charge is -2.35. The number of aliphatic hydroxyl groups is 2. The molecule has 6 aliphatic rings. The molecule has 46 nitrogen and oxygen atoms in total. The van der Waals surface area contributed by atoms with Crippen LogP contribution in [0.3, 0.4) is 0 Å². The van der Waals surface area contributed by atoms with E-state index in [1.165, 1.54) is 64.2 Å². The van der Waals surface area contributed by atoms with Crippen molar-refractivity contribution in [3.8, 4) is 0 Å². The number of aliphatic hydroxyl groups excluding tert-OH is 2. The Morgan fingerprint density at radius 3 is 1.79 bits per heavy atom. The highest BCUT2D eigenvalue weighted by molar-refractivity contribution is 9.10. The van der Waals surface area contributed by atoms with E-state index in [0.29, 0.717) is 26.2 Å². The second-order valence-corrected chi connectivity index (χ2v) is 43.5. The fourth-order valence-electron chi connectivity index (χ4n) is 13.9. The van der Waals surface area contributed by atoms with Crippen LogP contribution in [0, 0.1) is 22.7 Å². The summed E-state index contributed by atoms with van der Waals surface area (Å²) in [4.78, 5) is 136. The minimum atomic E-state index is -4.75. The van der Waals surface area contributed by atoms with E-state index in [1.54, 1.807) is 0 Å². The van der Waals surface area contributed by atoms with Gasteiger partial charge in [0.25, 0.3) is 17.0 Å². The van der Waals surface area contributed by atoms with Gasteiger partial charge in [-0.3, -0.25) is 56.5 Å². The molecule has 0 radical (unpaired) electrons. The van der Waals surface area contributed by atoms with Gasteiger partial charge >= 0.3 is 44.0 Å². The quantitative estimate of drug-likeness (QED) is 0.0150. The number of carbonyl (C=O) groups excluding carboxylic acids is 2. The molecular weight excluding hydrogens is 1840 g/mol. The van der Waals surface area contributed by atoms with E-state index in [4.69, 9.17) is 137 Å². The summed E-state index contributed by atoms with van der Waals surface area (Å²) < 4.78 is 124. The number of nitrogens with two attached hydrogens (primary N) is 4. The topological polar surface area (TPSA) is 609 Å². The van der Waals surface area contributed by atoms with Crippen molar-refractivity contribution in [3.63, 3.8) is 0 Å². The lowest BCUT2D eigenvalue weighted by molar-refractivity contribution is -0.143. The van der Waals surface area contributed by atoms with Crippen molar-refractivity contribution in [2.45, 2.75) is 179 Å². The zero-order chi connectivity index (χ0) is 88.6. The van der Waals surface area contributed by atoms with Crippen LogP contribution in [0.25, 0.3) is 11.2 Å². The van der Waals surface area contributed by atoms with Crippen LogP contribution in [-0.2, 0) is 128 Å². The minimum Gasteiger partial charge on any atom is -0.394 e. The van der Waals surface area contributed by atoms with E-state index in [9.17, 15) is 58.1 Å². The molecule has 5 aromatic heterocycles. The number of ether oxygens (including phenoxy) is 8. The molecule has 10 unspecified atom stereocenters. The summed E-state index contributed by atoms with van der Waals surface area (Å²) in [5, 5.41) is 26.9. The number of hydrogen-bond acceptors (Lipinski definition) is 39. The molecule has 5 aromatic rings. The lowest BCUT2D eigenvalue weighted by atomic mass is 9.89. The number of nitrogens with one attached hydrogen (secondary N) is 4. The summed E-state index contributed by atoms with van der Waals surface area (Å²) in [5.74, 6) is -1.41. The van der Waals surface area contributed by atoms with Gasteiger partial charge < -0.3 is 128 Å². The Morgan fingerprint density at radius 1 is 0.664 bits per heavy atom. The molecule has 680 valence electrons. The summed E-state index contributed by atoms with van der Waals surface area (Å²) in [6.45, 7) is -5.96. The predicted octanol–water partition coefficient (Wildman–Crippen LogP) is 1.72.